The molecule has 2 rings (SSSR count). The lowest BCUT2D eigenvalue weighted by Crippen LogP contribution is -2.38. The van der Waals surface area contributed by atoms with Crippen LogP contribution in [0.2, 0.25) is 5.02 Å². The summed E-state index contributed by atoms with van der Waals surface area (Å²) in [7, 11) is 0. The number of thioether (sulfide) groups is 1. The van der Waals surface area contributed by atoms with Crippen LogP contribution in [0, 0.1) is 0 Å². The first-order valence-corrected chi connectivity index (χ1v) is 8.93. The molecule has 2 N–H and O–H groups in total. The summed E-state index contributed by atoms with van der Waals surface area (Å²) in [5, 5.41) is 6.52. The second-order valence-electron chi connectivity index (χ2n) is 5.36. The number of nitrogens with one attached hydrogen (secondary N) is 2. The van der Waals surface area contributed by atoms with Gasteiger partial charge in [0.1, 0.15) is 5.82 Å². The number of anilines is 1. The van der Waals surface area contributed by atoms with E-state index in [1.54, 1.807) is 6.07 Å². The molecular weight excluding hydrogens is 306 g/mol. The van der Waals surface area contributed by atoms with Crippen LogP contribution in [0.15, 0.2) is 12.3 Å². The van der Waals surface area contributed by atoms with Gasteiger partial charge in [0.2, 0.25) is 0 Å². The van der Waals surface area contributed by atoms with E-state index in [0.29, 0.717) is 22.9 Å². The summed E-state index contributed by atoms with van der Waals surface area (Å²) < 4.78 is 0.194. The van der Waals surface area contributed by atoms with Crippen molar-refractivity contribution in [2.75, 3.05) is 24.7 Å². The summed E-state index contributed by atoms with van der Waals surface area (Å²) in [6.45, 7) is 3.44. The molecule has 1 heterocycles. The van der Waals surface area contributed by atoms with Gasteiger partial charge in [-0.25, -0.2) is 4.98 Å². The molecule has 1 aliphatic carbocycles. The number of rotatable bonds is 6. The SMILES string of the molecule is CCNc1cc(C(=O)NCC2(SC)CCCC2)c(Cl)cn1. The Kier molecular flexibility index (Phi) is 5.76. The average Bonchev–Trinajstić information content (AvgIpc) is 2.96. The van der Waals surface area contributed by atoms with Crippen molar-refractivity contribution in [3.63, 3.8) is 0 Å². The van der Waals surface area contributed by atoms with Crippen molar-refractivity contribution in [3.05, 3.63) is 22.8 Å². The molecular formula is C15H22ClN3OS. The number of pyridine rings is 1. The minimum Gasteiger partial charge on any atom is -0.370 e. The van der Waals surface area contributed by atoms with Gasteiger partial charge in [-0.1, -0.05) is 24.4 Å². The Hall–Kier alpha value is -0.940. The molecule has 0 radical (unpaired) electrons. The number of halogens is 1. The second kappa shape index (κ2) is 7.36. The summed E-state index contributed by atoms with van der Waals surface area (Å²) in [4.78, 5) is 16.5. The minimum absolute atomic E-state index is 0.123. The van der Waals surface area contributed by atoms with Crippen molar-refractivity contribution in [2.24, 2.45) is 0 Å². The topological polar surface area (TPSA) is 54.0 Å². The Morgan fingerprint density at radius 3 is 2.81 bits per heavy atom. The fourth-order valence-corrected chi connectivity index (χ4v) is 3.80. The number of hydrogen-bond donors (Lipinski definition) is 2. The van der Waals surface area contributed by atoms with Crippen LogP contribution in [0.1, 0.15) is 43.0 Å². The number of aromatic nitrogens is 1. The molecule has 0 bridgehead atoms. The zero-order chi connectivity index (χ0) is 15.3. The van der Waals surface area contributed by atoms with Gasteiger partial charge in [-0.2, -0.15) is 11.8 Å². The first-order valence-electron chi connectivity index (χ1n) is 7.33. The lowest BCUT2D eigenvalue weighted by Gasteiger charge is -2.27. The van der Waals surface area contributed by atoms with Crippen LogP contribution in [0.25, 0.3) is 0 Å². The molecule has 0 atom stereocenters. The normalized spacial score (nSPS) is 16.7. The molecule has 0 spiro atoms. The largest absolute Gasteiger partial charge is 0.370 e. The predicted molar refractivity (Wildman–Crippen MR) is 90.5 cm³/mol. The molecule has 0 saturated heterocycles. The molecule has 1 aromatic heterocycles. The van der Waals surface area contributed by atoms with Crippen molar-refractivity contribution < 1.29 is 4.79 Å². The molecule has 0 unspecified atom stereocenters. The van der Waals surface area contributed by atoms with E-state index >= 15 is 0 Å². The highest BCUT2D eigenvalue weighted by atomic mass is 35.5. The number of carbonyl (C=O) groups is 1. The van der Waals surface area contributed by atoms with Gasteiger partial charge in [0, 0.05) is 24.0 Å². The van der Waals surface area contributed by atoms with Crippen LogP contribution in [0.4, 0.5) is 5.82 Å². The van der Waals surface area contributed by atoms with Crippen LogP contribution in [0.3, 0.4) is 0 Å². The highest BCUT2D eigenvalue weighted by Gasteiger charge is 2.33. The molecule has 116 valence electrons. The minimum atomic E-state index is -0.123. The van der Waals surface area contributed by atoms with Gasteiger partial charge in [-0.3, -0.25) is 4.79 Å². The number of nitrogens with zero attached hydrogens (tertiary/aromatic N) is 1. The summed E-state index contributed by atoms with van der Waals surface area (Å²) in [5.74, 6) is 0.550. The molecule has 6 heteroatoms. The molecule has 1 aliphatic rings. The zero-order valence-corrected chi connectivity index (χ0v) is 14.1. The molecule has 1 amide bonds. The van der Waals surface area contributed by atoms with Gasteiger partial charge in [0.05, 0.1) is 10.6 Å². The average molecular weight is 328 g/mol. The van der Waals surface area contributed by atoms with Gasteiger partial charge in [-0.05, 0) is 32.1 Å². The van der Waals surface area contributed by atoms with Gasteiger partial charge < -0.3 is 10.6 Å². The highest BCUT2D eigenvalue weighted by Crippen LogP contribution is 2.39. The van der Waals surface area contributed by atoms with E-state index in [0.717, 1.165) is 6.54 Å². The molecule has 0 aliphatic heterocycles. The number of hydrogen-bond acceptors (Lipinski definition) is 4. The van der Waals surface area contributed by atoms with E-state index < -0.39 is 0 Å². The number of amides is 1. The zero-order valence-electron chi connectivity index (χ0n) is 12.5. The molecule has 21 heavy (non-hydrogen) atoms. The van der Waals surface area contributed by atoms with E-state index in [-0.39, 0.29) is 10.7 Å². The molecule has 1 aromatic rings. The van der Waals surface area contributed by atoms with Crippen LogP contribution < -0.4 is 10.6 Å². The predicted octanol–water partition coefficient (Wildman–Crippen LogP) is 3.57. The van der Waals surface area contributed by atoms with Crippen molar-refractivity contribution >= 4 is 35.1 Å². The maximum Gasteiger partial charge on any atom is 0.253 e. The maximum absolute atomic E-state index is 12.4. The Bertz CT molecular complexity index is 504. The lowest BCUT2D eigenvalue weighted by atomic mass is 10.1. The van der Waals surface area contributed by atoms with E-state index in [4.69, 9.17) is 11.6 Å². The van der Waals surface area contributed by atoms with Crippen LogP contribution in [-0.2, 0) is 0 Å². The van der Waals surface area contributed by atoms with Gasteiger partial charge in [0.25, 0.3) is 5.91 Å². The summed E-state index contributed by atoms with van der Waals surface area (Å²) in [6.07, 6.45) is 8.48. The summed E-state index contributed by atoms with van der Waals surface area (Å²) in [6, 6.07) is 1.71. The molecule has 1 saturated carbocycles. The second-order valence-corrected chi connectivity index (χ2v) is 7.04. The van der Waals surface area contributed by atoms with E-state index in [2.05, 4.69) is 21.9 Å². The number of carbonyl (C=O) groups excluding carboxylic acids is 1. The fraction of sp³-hybridized carbons (Fsp3) is 0.600. The monoisotopic (exact) mass is 327 g/mol. The van der Waals surface area contributed by atoms with Crippen LogP contribution >= 0.6 is 23.4 Å². The maximum atomic E-state index is 12.4. The molecule has 4 nitrogen and oxygen atoms in total. The van der Waals surface area contributed by atoms with Crippen molar-refractivity contribution in [1.82, 2.24) is 10.3 Å². The summed E-state index contributed by atoms with van der Waals surface area (Å²) in [5.41, 5.74) is 0.483. The standard InChI is InChI=1S/C15H22ClN3OS/c1-3-17-13-8-11(12(16)9-18-13)14(20)19-10-15(21-2)6-4-5-7-15/h8-9H,3-7,10H2,1-2H3,(H,17,18)(H,19,20). The fourth-order valence-electron chi connectivity index (χ4n) is 2.70. The van der Waals surface area contributed by atoms with Gasteiger partial charge >= 0.3 is 0 Å². The smallest absolute Gasteiger partial charge is 0.253 e. The van der Waals surface area contributed by atoms with Crippen LogP contribution in [0.5, 0.6) is 0 Å². The van der Waals surface area contributed by atoms with Gasteiger partial charge in [0.15, 0.2) is 0 Å². The van der Waals surface area contributed by atoms with E-state index in [9.17, 15) is 4.79 Å². The third-order valence-corrected chi connectivity index (χ3v) is 5.70. The Morgan fingerprint density at radius 2 is 2.19 bits per heavy atom. The first kappa shape index (κ1) is 16.4. The Balaban J connectivity index is 2.04. The third kappa shape index (κ3) is 4.04. The van der Waals surface area contributed by atoms with Crippen LogP contribution in [-0.4, -0.2) is 35.0 Å². The molecule has 1 fully saturated rings. The molecule has 0 aromatic carbocycles. The van der Waals surface area contributed by atoms with Crippen molar-refractivity contribution in [1.29, 1.82) is 0 Å². The lowest BCUT2D eigenvalue weighted by molar-refractivity contribution is 0.0949. The van der Waals surface area contributed by atoms with Crippen molar-refractivity contribution in [2.45, 2.75) is 37.4 Å². The van der Waals surface area contributed by atoms with Gasteiger partial charge in [-0.15, -0.1) is 0 Å². The quantitative estimate of drug-likeness (QED) is 0.838. The Labute approximate surface area is 135 Å². The van der Waals surface area contributed by atoms with Crippen molar-refractivity contribution in [3.8, 4) is 0 Å². The van der Waals surface area contributed by atoms with E-state index in [1.165, 1.54) is 31.9 Å². The Morgan fingerprint density at radius 1 is 1.48 bits per heavy atom. The summed E-state index contributed by atoms with van der Waals surface area (Å²) >= 11 is 7.96. The first-order chi connectivity index (χ1) is 10.1. The highest BCUT2D eigenvalue weighted by molar-refractivity contribution is 8.00. The van der Waals surface area contributed by atoms with E-state index in [1.807, 2.05) is 18.7 Å². The third-order valence-electron chi connectivity index (χ3n) is 3.98.